The van der Waals surface area contributed by atoms with Crippen LogP contribution in [0.1, 0.15) is 34.6 Å². The molecule has 32 heavy (non-hydrogen) atoms. The summed E-state index contributed by atoms with van der Waals surface area (Å²) < 4.78 is 37.4. The van der Waals surface area contributed by atoms with E-state index in [1.165, 1.54) is 22.1 Å². The predicted molar refractivity (Wildman–Crippen MR) is 136 cm³/mol. The monoisotopic (exact) mass is 494 g/mol. The van der Waals surface area contributed by atoms with Crippen LogP contribution in [0.2, 0.25) is 0 Å². The Morgan fingerprint density at radius 3 is 1.94 bits per heavy atom. The molecule has 8 heteroatoms. The molecule has 0 spiro atoms. The predicted octanol–water partition coefficient (Wildman–Crippen LogP) is 4.64. The molecule has 0 bridgehead atoms. The van der Waals surface area contributed by atoms with E-state index in [0.717, 1.165) is 0 Å². The lowest BCUT2D eigenvalue weighted by molar-refractivity contribution is 0.0590. The zero-order valence-corrected chi connectivity index (χ0v) is 22.5. The second kappa shape index (κ2) is 11.5. The summed E-state index contributed by atoms with van der Waals surface area (Å²) in [4.78, 5) is 0. The molecule has 0 aromatic heterocycles. The normalized spacial score (nSPS) is 20.6. The van der Waals surface area contributed by atoms with Crippen molar-refractivity contribution < 1.29 is 22.8 Å². The summed E-state index contributed by atoms with van der Waals surface area (Å²) in [6, 6.07) is 21.0. The summed E-state index contributed by atoms with van der Waals surface area (Å²) in [5.74, 6) is 0. The first-order chi connectivity index (χ1) is 15.3. The van der Waals surface area contributed by atoms with Crippen LogP contribution in [0.5, 0.6) is 0 Å². The van der Waals surface area contributed by atoms with Crippen LogP contribution in [0, 0.1) is 5.41 Å². The maximum Gasteiger partial charge on any atom is 0.369 e. The van der Waals surface area contributed by atoms with Gasteiger partial charge in [-0.05, 0) is 29.6 Å². The number of thioether (sulfide) groups is 1. The average Bonchev–Trinajstić information content (AvgIpc) is 3.25. The third kappa shape index (κ3) is 6.35. The van der Waals surface area contributed by atoms with Crippen molar-refractivity contribution in [2.45, 2.75) is 51.1 Å². The van der Waals surface area contributed by atoms with E-state index < -0.39 is 21.8 Å². The Morgan fingerprint density at radius 2 is 1.50 bits per heavy atom. The van der Waals surface area contributed by atoms with E-state index in [-0.39, 0.29) is 16.8 Å². The molecule has 176 valence electrons. The van der Waals surface area contributed by atoms with Gasteiger partial charge in [-0.25, -0.2) is 0 Å². The summed E-state index contributed by atoms with van der Waals surface area (Å²) in [6.45, 7) is 11.3. The molecular formula is C24H35O5PSSi. The van der Waals surface area contributed by atoms with Crippen LogP contribution in [0.25, 0.3) is 0 Å². The largest absolute Gasteiger partial charge is 0.406 e. The Kier molecular flexibility index (Phi) is 9.21. The smallest absolute Gasteiger partial charge is 0.369 e. The van der Waals surface area contributed by atoms with E-state index in [4.69, 9.17) is 18.2 Å². The van der Waals surface area contributed by atoms with Crippen LogP contribution in [-0.2, 0) is 22.8 Å². The third-order valence-corrected chi connectivity index (χ3v) is 11.9. The number of hydrogen-bond acceptors (Lipinski definition) is 6. The summed E-state index contributed by atoms with van der Waals surface area (Å²) in [5.41, 5.74) is -0.133. The molecule has 0 saturated carbocycles. The van der Waals surface area contributed by atoms with Crippen LogP contribution in [0.4, 0.5) is 0 Å². The molecule has 5 nitrogen and oxygen atoms in total. The highest BCUT2D eigenvalue weighted by molar-refractivity contribution is 8.06. The molecule has 0 radical (unpaired) electrons. The lowest BCUT2D eigenvalue weighted by atomic mass is 9.87. The lowest BCUT2D eigenvalue weighted by Crippen LogP contribution is -2.52. The van der Waals surface area contributed by atoms with Gasteiger partial charge in [0.1, 0.15) is 0 Å². The molecule has 0 N–H and O–H groups in total. The van der Waals surface area contributed by atoms with Gasteiger partial charge in [0, 0.05) is 0 Å². The van der Waals surface area contributed by atoms with Gasteiger partial charge in [-0.2, -0.15) is 0 Å². The van der Waals surface area contributed by atoms with Gasteiger partial charge in [0.2, 0.25) is 14.2 Å². The van der Waals surface area contributed by atoms with Gasteiger partial charge in [-0.15, -0.1) is 11.8 Å². The SMILES string of the molecule is CCOP(=O)(OCC)C1OCC(C(O[SiH](c2ccccc2)c2ccccc2)C(C)(C)C)S1. The zero-order valence-electron chi connectivity index (χ0n) is 19.6. The molecule has 2 aromatic carbocycles. The molecule has 3 rings (SSSR count). The Labute approximate surface area is 198 Å². The fourth-order valence-electron chi connectivity index (χ4n) is 3.85. The van der Waals surface area contributed by atoms with Crippen molar-refractivity contribution in [2.24, 2.45) is 5.41 Å². The topological polar surface area (TPSA) is 54.0 Å². The minimum atomic E-state index is -3.35. The molecule has 1 aliphatic rings. The quantitative estimate of drug-likeness (QED) is 0.354. The lowest BCUT2D eigenvalue weighted by Gasteiger charge is -2.37. The summed E-state index contributed by atoms with van der Waals surface area (Å²) in [6.07, 6.45) is -0.0914. The van der Waals surface area contributed by atoms with Gasteiger partial charge in [-0.3, -0.25) is 4.57 Å². The molecule has 3 unspecified atom stereocenters. The highest BCUT2D eigenvalue weighted by Crippen LogP contribution is 2.61. The van der Waals surface area contributed by atoms with Crippen molar-refractivity contribution in [3.63, 3.8) is 0 Å². The second-order valence-electron chi connectivity index (χ2n) is 8.81. The Hall–Kier alpha value is -0.923. The summed E-state index contributed by atoms with van der Waals surface area (Å²) in [5, 5.41) is 1.87. The fourth-order valence-corrected chi connectivity index (χ4v) is 10.7. The third-order valence-electron chi connectivity index (χ3n) is 5.25. The van der Waals surface area contributed by atoms with Gasteiger partial charge >= 0.3 is 7.60 Å². The minimum absolute atomic E-state index is 0.0247. The Balaban J connectivity index is 1.87. The van der Waals surface area contributed by atoms with E-state index in [2.05, 4.69) is 69.3 Å². The highest BCUT2D eigenvalue weighted by Gasteiger charge is 2.48. The number of hydrogen-bond donors (Lipinski definition) is 0. The molecule has 1 aliphatic heterocycles. The van der Waals surface area contributed by atoms with Crippen molar-refractivity contribution in [3.05, 3.63) is 60.7 Å². The van der Waals surface area contributed by atoms with E-state index >= 15 is 0 Å². The number of rotatable bonds is 10. The van der Waals surface area contributed by atoms with Gasteiger partial charge in [0.15, 0.2) is 0 Å². The van der Waals surface area contributed by atoms with E-state index in [1.807, 2.05) is 26.0 Å². The highest BCUT2D eigenvalue weighted by atomic mass is 32.2. The standard InChI is InChI=1S/C24H35O5PSSi/c1-6-27-30(25,28-7-2)23-26-18-21(31-23)22(24(3,4)5)29-32(19-14-10-8-11-15-19)20-16-12-9-13-17-20/h8-17,21-23,32H,6-7,18H2,1-5H3. The van der Waals surface area contributed by atoms with Crippen LogP contribution >= 0.6 is 19.4 Å². The minimum Gasteiger partial charge on any atom is -0.406 e. The zero-order chi connectivity index (χ0) is 23.2. The summed E-state index contributed by atoms with van der Waals surface area (Å²) >= 11 is 1.53. The Bertz CT molecular complexity index is 827. The van der Waals surface area contributed by atoms with Crippen molar-refractivity contribution in [1.29, 1.82) is 0 Å². The Morgan fingerprint density at radius 1 is 1.00 bits per heavy atom. The van der Waals surface area contributed by atoms with Crippen LogP contribution in [0.3, 0.4) is 0 Å². The first kappa shape index (κ1) is 25.7. The first-order valence-electron chi connectivity index (χ1n) is 11.2. The van der Waals surface area contributed by atoms with Gasteiger partial charge < -0.3 is 18.2 Å². The maximum atomic E-state index is 13.3. The van der Waals surface area contributed by atoms with Gasteiger partial charge in [0.25, 0.3) is 0 Å². The summed E-state index contributed by atoms with van der Waals surface area (Å²) in [7, 11) is -5.30. The molecule has 2 aromatic rings. The van der Waals surface area contributed by atoms with Crippen molar-refractivity contribution >= 4 is 38.8 Å². The van der Waals surface area contributed by atoms with E-state index in [1.54, 1.807) is 0 Å². The molecule has 3 atom stereocenters. The van der Waals surface area contributed by atoms with Crippen molar-refractivity contribution in [1.82, 2.24) is 0 Å². The number of benzene rings is 2. The van der Waals surface area contributed by atoms with E-state index in [9.17, 15) is 4.57 Å². The van der Waals surface area contributed by atoms with Crippen molar-refractivity contribution in [2.75, 3.05) is 19.8 Å². The van der Waals surface area contributed by atoms with E-state index in [0.29, 0.717) is 19.8 Å². The number of ether oxygens (including phenoxy) is 1. The molecule has 1 saturated heterocycles. The molecule has 1 heterocycles. The maximum absolute atomic E-state index is 13.3. The van der Waals surface area contributed by atoms with Crippen LogP contribution < -0.4 is 10.4 Å². The molecule has 1 fully saturated rings. The first-order valence-corrected chi connectivity index (χ1v) is 15.4. The second-order valence-corrected chi connectivity index (χ2v) is 14.9. The average molecular weight is 495 g/mol. The van der Waals surface area contributed by atoms with Gasteiger partial charge in [-0.1, -0.05) is 81.4 Å². The molecule has 0 aliphatic carbocycles. The van der Waals surface area contributed by atoms with Crippen molar-refractivity contribution in [3.8, 4) is 0 Å². The van der Waals surface area contributed by atoms with Crippen LogP contribution in [0.15, 0.2) is 60.7 Å². The molecule has 0 amide bonds. The fraction of sp³-hybridized carbons (Fsp3) is 0.500. The van der Waals surface area contributed by atoms with Gasteiger partial charge in [0.05, 0.1) is 31.2 Å². The molecular weight excluding hydrogens is 459 g/mol. The van der Waals surface area contributed by atoms with Crippen LogP contribution in [-0.4, -0.2) is 45.4 Å².